The Hall–Kier alpha value is -2.40. The third-order valence-electron chi connectivity index (χ3n) is 5.06. The van der Waals surface area contributed by atoms with Crippen LogP contribution in [0.1, 0.15) is 41.3 Å². The second-order valence-corrected chi connectivity index (χ2v) is 8.49. The summed E-state index contributed by atoms with van der Waals surface area (Å²) in [5, 5.41) is 11.0. The van der Waals surface area contributed by atoms with Gasteiger partial charge in [-0.1, -0.05) is 17.7 Å². The van der Waals surface area contributed by atoms with Crippen molar-refractivity contribution in [2.75, 3.05) is 5.32 Å². The van der Waals surface area contributed by atoms with E-state index in [1.165, 1.54) is 26.0 Å². The maximum Gasteiger partial charge on any atom is 0.436 e. The monoisotopic (exact) mass is 535 g/mol. The summed E-state index contributed by atoms with van der Waals surface area (Å²) in [6.07, 6.45) is -4.65. The Morgan fingerprint density at radius 2 is 1.88 bits per heavy atom. The van der Waals surface area contributed by atoms with Crippen molar-refractivity contribution < 1.29 is 22.4 Å². The standard InChI is InChI=1S/C20H19BrClF4N5O/c1-9-17(11(3)30(28-9)8-13-5-6-14(23)7-15(13)22)27-19(32)12(4)31-10(2)16(21)18(29-31)20(24,25)26/h5-7,12H,8H2,1-4H3,(H,27,32). The number of carbonyl (C=O) groups is 1. The minimum absolute atomic E-state index is 0.176. The number of rotatable bonds is 5. The minimum atomic E-state index is -4.65. The highest BCUT2D eigenvalue weighted by atomic mass is 79.9. The van der Waals surface area contributed by atoms with Gasteiger partial charge < -0.3 is 5.32 Å². The van der Waals surface area contributed by atoms with Gasteiger partial charge in [0.25, 0.3) is 0 Å². The predicted octanol–water partition coefficient (Wildman–Crippen LogP) is 5.83. The number of hydrogen-bond acceptors (Lipinski definition) is 3. The Bertz CT molecular complexity index is 1190. The Balaban J connectivity index is 1.84. The number of aryl methyl sites for hydroxylation is 1. The predicted molar refractivity (Wildman–Crippen MR) is 115 cm³/mol. The van der Waals surface area contributed by atoms with Crippen LogP contribution in [0.2, 0.25) is 5.02 Å². The normalized spacial score (nSPS) is 12.8. The van der Waals surface area contributed by atoms with Crippen LogP contribution >= 0.6 is 27.5 Å². The fraction of sp³-hybridized carbons (Fsp3) is 0.350. The van der Waals surface area contributed by atoms with Crippen molar-refractivity contribution in [3.63, 3.8) is 0 Å². The molecule has 0 aliphatic heterocycles. The molecule has 6 nitrogen and oxygen atoms in total. The molecule has 2 heterocycles. The van der Waals surface area contributed by atoms with E-state index in [9.17, 15) is 22.4 Å². The molecule has 0 spiro atoms. The molecule has 2 aromatic heterocycles. The van der Waals surface area contributed by atoms with Gasteiger partial charge in [-0.15, -0.1) is 0 Å². The van der Waals surface area contributed by atoms with E-state index >= 15 is 0 Å². The van der Waals surface area contributed by atoms with Crippen LogP contribution in [0.25, 0.3) is 0 Å². The molecule has 32 heavy (non-hydrogen) atoms. The topological polar surface area (TPSA) is 64.7 Å². The van der Waals surface area contributed by atoms with Gasteiger partial charge in [-0.3, -0.25) is 14.2 Å². The summed E-state index contributed by atoms with van der Waals surface area (Å²) in [5.41, 5.74) is 1.27. The lowest BCUT2D eigenvalue weighted by atomic mass is 10.2. The number of halogens is 6. The first-order valence-electron chi connectivity index (χ1n) is 9.41. The number of aromatic nitrogens is 4. The third-order valence-corrected chi connectivity index (χ3v) is 6.36. The second kappa shape index (κ2) is 8.86. The molecule has 3 aromatic rings. The number of hydrogen-bond donors (Lipinski definition) is 1. The summed E-state index contributed by atoms with van der Waals surface area (Å²) in [6.45, 7) is 6.56. The highest BCUT2D eigenvalue weighted by Crippen LogP contribution is 2.36. The van der Waals surface area contributed by atoms with Gasteiger partial charge in [0.2, 0.25) is 5.91 Å². The number of amides is 1. The fourth-order valence-electron chi connectivity index (χ4n) is 3.24. The first-order chi connectivity index (χ1) is 14.8. The molecular formula is C20H19BrClF4N5O. The molecule has 12 heteroatoms. The van der Waals surface area contributed by atoms with Crippen molar-refractivity contribution in [2.45, 2.75) is 46.5 Å². The summed E-state index contributed by atoms with van der Waals surface area (Å²) in [6, 6.07) is 3.02. The number of carbonyl (C=O) groups excluding carboxylic acids is 1. The molecule has 0 radical (unpaired) electrons. The zero-order valence-corrected chi connectivity index (χ0v) is 19.8. The van der Waals surface area contributed by atoms with Crippen LogP contribution in [0, 0.1) is 26.6 Å². The molecule has 1 N–H and O–H groups in total. The molecular weight excluding hydrogens is 518 g/mol. The maximum atomic E-state index is 13.3. The van der Waals surface area contributed by atoms with Crippen molar-refractivity contribution >= 4 is 39.1 Å². The highest BCUT2D eigenvalue weighted by Gasteiger charge is 2.39. The third kappa shape index (κ3) is 4.68. The van der Waals surface area contributed by atoms with Gasteiger partial charge in [-0.2, -0.15) is 23.4 Å². The van der Waals surface area contributed by atoms with Crippen molar-refractivity contribution in [1.29, 1.82) is 0 Å². The Kier molecular flexibility index (Phi) is 6.71. The molecule has 0 fully saturated rings. The number of alkyl halides is 3. The van der Waals surface area contributed by atoms with Crippen LogP contribution < -0.4 is 5.32 Å². The summed E-state index contributed by atoms with van der Waals surface area (Å²) < 4.78 is 55.1. The molecule has 3 rings (SSSR count). The molecule has 0 aliphatic carbocycles. The van der Waals surface area contributed by atoms with Crippen LogP contribution in [-0.4, -0.2) is 25.5 Å². The molecule has 0 bridgehead atoms. The van der Waals surface area contributed by atoms with Gasteiger partial charge in [0.1, 0.15) is 11.9 Å². The van der Waals surface area contributed by atoms with Crippen molar-refractivity contribution in [1.82, 2.24) is 19.6 Å². The van der Waals surface area contributed by atoms with E-state index in [0.717, 1.165) is 4.68 Å². The summed E-state index contributed by atoms with van der Waals surface area (Å²) in [4.78, 5) is 12.8. The van der Waals surface area contributed by atoms with Crippen molar-refractivity contribution in [3.8, 4) is 0 Å². The molecule has 1 atom stereocenters. The molecule has 1 aromatic carbocycles. The lowest BCUT2D eigenvalue weighted by Crippen LogP contribution is -2.26. The SMILES string of the molecule is Cc1nn(Cc2ccc(F)cc2Cl)c(C)c1NC(=O)C(C)n1nc(C(F)(F)F)c(Br)c1C. The van der Waals surface area contributed by atoms with E-state index in [2.05, 4.69) is 31.4 Å². The number of anilines is 1. The van der Waals surface area contributed by atoms with Gasteiger partial charge >= 0.3 is 6.18 Å². The van der Waals surface area contributed by atoms with Crippen molar-refractivity contribution in [3.05, 3.63) is 61.9 Å². The van der Waals surface area contributed by atoms with Gasteiger partial charge in [-0.25, -0.2) is 4.39 Å². The summed E-state index contributed by atoms with van der Waals surface area (Å²) in [5.74, 6) is -1.01. The van der Waals surface area contributed by atoms with Crippen LogP contribution in [0.5, 0.6) is 0 Å². The maximum absolute atomic E-state index is 13.3. The molecule has 1 unspecified atom stereocenters. The average Bonchev–Trinajstić information content (AvgIpc) is 3.14. The molecule has 0 saturated heterocycles. The fourth-order valence-corrected chi connectivity index (χ4v) is 3.95. The lowest BCUT2D eigenvalue weighted by Gasteiger charge is -2.15. The van der Waals surface area contributed by atoms with Crippen LogP contribution in [-0.2, 0) is 17.5 Å². The number of nitrogens with zero attached hydrogens (tertiary/aromatic N) is 4. The van der Waals surface area contributed by atoms with Crippen LogP contribution in [0.3, 0.4) is 0 Å². The summed E-state index contributed by atoms with van der Waals surface area (Å²) in [7, 11) is 0. The second-order valence-electron chi connectivity index (χ2n) is 7.29. The molecule has 0 saturated carbocycles. The highest BCUT2D eigenvalue weighted by molar-refractivity contribution is 9.10. The first kappa shape index (κ1) is 24.2. The molecule has 0 aliphatic rings. The Morgan fingerprint density at radius 3 is 2.44 bits per heavy atom. The van der Waals surface area contributed by atoms with Crippen LogP contribution in [0.15, 0.2) is 22.7 Å². The average molecular weight is 537 g/mol. The van der Waals surface area contributed by atoms with E-state index in [1.54, 1.807) is 24.6 Å². The number of benzene rings is 1. The summed E-state index contributed by atoms with van der Waals surface area (Å²) >= 11 is 9.00. The van der Waals surface area contributed by atoms with Gasteiger partial charge in [0, 0.05) is 5.02 Å². The Morgan fingerprint density at radius 1 is 1.22 bits per heavy atom. The van der Waals surface area contributed by atoms with Crippen molar-refractivity contribution in [2.24, 2.45) is 0 Å². The number of nitrogens with one attached hydrogen (secondary N) is 1. The first-order valence-corrected chi connectivity index (χ1v) is 10.6. The van der Waals surface area contributed by atoms with Gasteiger partial charge in [0.15, 0.2) is 5.69 Å². The molecule has 172 valence electrons. The van der Waals surface area contributed by atoms with E-state index in [-0.39, 0.29) is 21.7 Å². The van der Waals surface area contributed by atoms with Gasteiger partial charge in [0.05, 0.1) is 33.8 Å². The smallest absolute Gasteiger partial charge is 0.321 e. The zero-order valence-electron chi connectivity index (χ0n) is 17.5. The van der Waals surface area contributed by atoms with Crippen LogP contribution in [0.4, 0.5) is 23.2 Å². The van der Waals surface area contributed by atoms with E-state index < -0.39 is 29.6 Å². The molecule has 1 amide bonds. The van der Waals surface area contributed by atoms with E-state index in [1.807, 2.05) is 0 Å². The van der Waals surface area contributed by atoms with E-state index in [0.29, 0.717) is 22.6 Å². The minimum Gasteiger partial charge on any atom is -0.321 e. The van der Waals surface area contributed by atoms with Gasteiger partial charge in [-0.05, 0) is 61.3 Å². The quantitative estimate of drug-likeness (QED) is 0.418. The van der Waals surface area contributed by atoms with E-state index in [4.69, 9.17) is 11.6 Å². The lowest BCUT2D eigenvalue weighted by molar-refractivity contribution is -0.142. The Labute approximate surface area is 194 Å². The zero-order chi connectivity index (χ0) is 24.0. The largest absolute Gasteiger partial charge is 0.436 e.